The zero-order chi connectivity index (χ0) is 28.7. The molecule has 7 N–H and O–H groups in total. The highest BCUT2D eigenvalue weighted by atomic mass is 16.6. The van der Waals surface area contributed by atoms with Gasteiger partial charge in [-0.3, -0.25) is 9.59 Å². The molecule has 5 atom stereocenters. The first-order valence-corrected chi connectivity index (χ1v) is 13.0. The Morgan fingerprint density at radius 2 is 1.69 bits per heavy atom. The Kier molecular flexibility index (Phi) is 6.04. The monoisotopic (exact) mass is 544 g/mol. The van der Waals surface area contributed by atoms with Crippen LogP contribution in [0.2, 0.25) is 0 Å². The van der Waals surface area contributed by atoms with E-state index in [0.29, 0.717) is 19.3 Å². The fourth-order valence-electron chi connectivity index (χ4n) is 6.95. The van der Waals surface area contributed by atoms with Crippen LogP contribution in [-0.4, -0.2) is 76.2 Å². The number of aliphatic hydroxyl groups excluding tert-OH is 4. The van der Waals surface area contributed by atoms with Gasteiger partial charge >= 0.3 is 5.97 Å². The summed E-state index contributed by atoms with van der Waals surface area (Å²) in [5.41, 5.74) is -12.1. The second kappa shape index (κ2) is 8.62. The van der Waals surface area contributed by atoms with Gasteiger partial charge in [0.2, 0.25) is 5.78 Å². The predicted molar refractivity (Wildman–Crippen MR) is 133 cm³/mol. The van der Waals surface area contributed by atoms with Crippen molar-refractivity contribution in [3.05, 3.63) is 46.2 Å². The molecule has 2 saturated carbocycles. The molecular weight excluding hydrogens is 512 g/mol. The van der Waals surface area contributed by atoms with Crippen LogP contribution >= 0.6 is 0 Å². The largest absolute Gasteiger partial charge is 0.508 e. The van der Waals surface area contributed by atoms with E-state index in [4.69, 9.17) is 4.74 Å². The molecule has 4 aliphatic carbocycles. The van der Waals surface area contributed by atoms with Crippen molar-refractivity contribution in [1.82, 2.24) is 0 Å². The number of hydrogen-bond acceptors (Lipinski definition) is 11. The van der Waals surface area contributed by atoms with Crippen molar-refractivity contribution in [2.45, 2.75) is 87.8 Å². The van der Waals surface area contributed by atoms with Crippen LogP contribution in [0.5, 0.6) is 5.75 Å². The highest BCUT2D eigenvalue weighted by Gasteiger charge is 2.76. The van der Waals surface area contributed by atoms with E-state index in [9.17, 15) is 50.1 Å². The van der Waals surface area contributed by atoms with E-state index in [1.807, 2.05) is 6.92 Å². The third-order valence-electron chi connectivity index (χ3n) is 9.37. The number of ether oxygens (including phenoxy) is 1. The lowest BCUT2D eigenvalue weighted by molar-refractivity contribution is -0.232. The van der Waals surface area contributed by atoms with Gasteiger partial charge in [-0.1, -0.05) is 32.4 Å². The summed E-state index contributed by atoms with van der Waals surface area (Å²) in [5, 5.41) is 78.6. The van der Waals surface area contributed by atoms with Crippen molar-refractivity contribution in [1.29, 1.82) is 0 Å². The number of carbonyl (C=O) groups excluding carboxylic acids is 3. The van der Waals surface area contributed by atoms with Crippen LogP contribution in [0.15, 0.2) is 35.1 Å². The van der Waals surface area contributed by atoms with Crippen molar-refractivity contribution < 1.29 is 54.9 Å². The van der Waals surface area contributed by atoms with E-state index < -0.39 is 92.4 Å². The second-order valence-corrected chi connectivity index (χ2v) is 11.4. The molecule has 39 heavy (non-hydrogen) atoms. The number of aromatic hydroxyl groups is 1. The van der Waals surface area contributed by atoms with Crippen LogP contribution in [0.1, 0.15) is 76.0 Å². The van der Waals surface area contributed by atoms with E-state index in [-0.39, 0.29) is 5.56 Å². The minimum absolute atomic E-state index is 0.219. The zero-order valence-electron chi connectivity index (χ0n) is 21.6. The molecular formula is C28H32O11. The first kappa shape index (κ1) is 27.3. The summed E-state index contributed by atoms with van der Waals surface area (Å²) in [4.78, 5) is 40.6. The van der Waals surface area contributed by atoms with E-state index in [0.717, 1.165) is 32.3 Å². The average Bonchev–Trinajstić information content (AvgIpc) is 2.89. The summed E-state index contributed by atoms with van der Waals surface area (Å²) in [5.74, 6) is -6.82. The van der Waals surface area contributed by atoms with E-state index in [1.165, 1.54) is 12.1 Å². The zero-order valence-corrected chi connectivity index (χ0v) is 21.6. The molecule has 11 heteroatoms. The molecule has 0 radical (unpaired) electrons. The van der Waals surface area contributed by atoms with Crippen LogP contribution in [-0.2, 0) is 19.1 Å². The number of benzene rings is 1. The SMILES string of the molecule is CCC1(OC(=O)C2=C(O)[C@]3(O)C(=O)C4=C(O)c5c(O)cccc5[C@@H](O)[C@]4(O)[C@@H](O)[C@]3(C)CC2=O)CCCCC1. The minimum atomic E-state index is -3.18. The number of rotatable bonds is 3. The topological polar surface area (TPSA) is 202 Å². The van der Waals surface area contributed by atoms with E-state index in [1.54, 1.807) is 0 Å². The van der Waals surface area contributed by atoms with Gasteiger partial charge in [0.25, 0.3) is 0 Å². The maximum Gasteiger partial charge on any atom is 0.345 e. The number of ketones is 2. The summed E-state index contributed by atoms with van der Waals surface area (Å²) in [6.45, 7) is 2.87. The van der Waals surface area contributed by atoms with Gasteiger partial charge in [0, 0.05) is 11.8 Å². The lowest BCUT2D eigenvalue weighted by atomic mass is 9.48. The van der Waals surface area contributed by atoms with Crippen LogP contribution in [0.4, 0.5) is 0 Å². The van der Waals surface area contributed by atoms with Gasteiger partial charge in [-0.25, -0.2) is 4.79 Å². The number of carbonyl (C=O) groups is 3. The van der Waals surface area contributed by atoms with Crippen LogP contribution in [0, 0.1) is 5.41 Å². The van der Waals surface area contributed by atoms with E-state index in [2.05, 4.69) is 0 Å². The number of hydrogen-bond donors (Lipinski definition) is 7. The Labute approximate surface area is 223 Å². The average molecular weight is 545 g/mol. The quantitative estimate of drug-likeness (QED) is 0.215. The van der Waals surface area contributed by atoms with E-state index >= 15 is 0 Å². The third kappa shape index (κ3) is 3.27. The maximum absolute atomic E-state index is 14.0. The van der Waals surface area contributed by atoms with Crippen LogP contribution in [0.25, 0.3) is 5.76 Å². The molecule has 5 rings (SSSR count). The fourth-order valence-corrected chi connectivity index (χ4v) is 6.95. The first-order chi connectivity index (χ1) is 18.2. The Hall–Kier alpha value is -3.25. The van der Waals surface area contributed by atoms with Gasteiger partial charge < -0.3 is 40.5 Å². The third-order valence-corrected chi connectivity index (χ3v) is 9.37. The Bertz CT molecular complexity index is 1350. The molecule has 1 aromatic rings. The maximum atomic E-state index is 14.0. The summed E-state index contributed by atoms with van der Waals surface area (Å²) < 4.78 is 5.71. The summed E-state index contributed by atoms with van der Waals surface area (Å²) >= 11 is 0. The summed E-state index contributed by atoms with van der Waals surface area (Å²) in [7, 11) is 0. The molecule has 0 amide bonds. The smallest absolute Gasteiger partial charge is 0.345 e. The van der Waals surface area contributed by atoms with Crippen LogP contribution < -0.4 is 0 Å². The normalized spacial score (nSPS) is 35.7. The van der Waals surface area contributed by atoms with Crippen molar-refractivity contribution in [3.8, 4) is 5.75 Å². The van der Waals surface area contributed by atoms with Crippen molar-refractivity contribution in [2.24, 2.45) is 5.41 Å². The minimum Gasteiger partial charge on any atom is -0.508 e. The molecule has 0 aromatic heterocycles. The number of phenolic OH excluding ortho intramolecular Hbond substituents is 1. The summed E-state index contributed by atoms with van der Waals surface area (Å²) in [6.07, 6.45) is -1.27. The highest BCUT2D eigenvalue weighted by molar-refractivity contribution is 6.22. The lowest BCUT2D eigenvalue weighted by Crippen LogP contribution is -2.75. The second-order valence-electron chi connectivity index (χ2n) is 11.4. The molecule has 210 valence electrons. The highest BCUT2D eigenvalue weighted by Crippen LogP contribution is 2.61. The van der Waals surface area contributed by atoms with Gasteiger partial charge in [-0.05, 0) is 43.7 Å². The molecule has 0 heterocycles. The molecule has 0 saturated heterocycles. The standard InChI is InChI=1S/C28H32O11/c1-3-26(10-5-4-6-11-26)39-23(35)17-15(30)12-25(2)24(36)27(37)18(22(34)28(25,38)21(17)33)19(31)16-13(20(27)32)8-7-9-14(16)29/h7-9,20,24,29,31-33,36-38H,3-6,10-12H2,1-2H3/t20-,24+,25+,27+,28+/m1/s1. The van der Waals surface area contributed by atoms with Gasteiger partial charge in [-0.2, -0.15) is 0 Å². The number of fused-ring (bicyclic) bond motifs is 3. The molecule has 2 fully saturated rings. The Balaban J connectivity index is 1.70. The molecule has 0 aliphatic heterocycles. The van der Waals surface area contributed by atoms with Gasteiger partial charge in [0.1, 0.15) is 28.8 Å². The summed E-state index contributed by atoms with van der Waals surface area (Å²) in [6, 6.07) is 3.70. The molecule has 4 aliphatic rings. The Morgan fingerprint density at radius 1 is 1.05 bits per heavy atom. The predicted octanol–water partition coefficient (Wildman–Crippen LogP) is 1.56. The van der Waals surface area contributed by atoms with Gasteiger partial charge in [0.05, 0.1) is 17.2 Å². The lowest BCUT2D eigenvalue weighted by Gasteiger charge is -2.59. The number of phenols is 1. The first-order valence-electron chi connectivity index (χ1n) is 13.0. The number of Topliss-reactive ketones (excluding diaryl/α,β-unsaturated/α-hetero) is 2. The Morgan fingerprint density at radius 3 is 2.31 bits per heavy atom. The molecule has 0 bridgehead atoms. The van der Waals surface area contributed by atoms with Gasteiger partial charge in [-0.15, -0.1) is 0 Å². The molecule has 0 spiro atoms. The number of esters is 1. The van der Waals surface area contributed by atoms with Gasteiger partial charge in [0.15, 0.2) is 22.7 Å². The fraction of sp³-hybridized carbons (Fsp3) is 0.536. The van der Waals surface area contributed by atoms with Crippen LogP contribution in [0.3, 0.4) is 0 Å². The molecule has 1 aromatic carbocycles. The molecule has 11 nitrogen and oxygen atoms in total. The number of aliphatic hydroxyl groups is 6. The van der Waals surface area contributed by atoms with Crippen molar-refractivity contribution in [2.75, 3.05) is 0 Å². The molecule has 0 unspecified atom stereocenters. The van der Waals surface area contributed by atoms with Crippen molar-refractivity contribution >= 4 is 23.3 Å². The van der Waals surface area contributed by atoms with Crippen molar-refractivity contribution in [3.63, 3.8) is 0 Å².